The van der Waals surface area contributed by atoms with Gasteiger partial charge in [-0.1, -0.05) is 20.8 Å². The Morgan fingerprint density at radius 2 is 1.85 bits per heavy atom. The minimum atomic E-state index is -0.393. The average molecular weight is 186 g/mol. The van der Waals surface area contributed by atoms with E-state index in [9.17, 15) is 5.11 Å². The van der Waals surface area contributed by atoms with Crippen molar-refractivity contribution in [2.24, 2.45) is 5.41 Å². The molecule has 3 nitrogen and oxygen atoms in total. The first kappa shape index (κ1) is 11.0. The molecule has 3 heteroatoms. The Hall–Kier alpha value is -0.120. The lowest BCUT2D eigenvalue weighted by Crippen LogP contribution is -2.49. The first-order chi connectivity index (χ1) is 6.00. The number of aliphatic hydroxyl groups excluding tert-OH is 1. The van der Waals surface area contributed by atoms with E-state index in [0.29, 0.717) is 6.04 Å². The third-order valence-corrected chi connectivity index (χ3v) is 2.55. The van der Waals surface area contributed by atoms with Gasteiger partial charge in [-0.05, 0) is 25.9 Å². The van der Waals surface area contributed by atoms with Gasteiger partial charge in [0.2, 0.25) is 0 Å². The Labute approximate surface area is 80.9 Å². The highest BCUT2D eigenvalue weighted by atomic mass is 16.3. The number of hydrogen-bond donors (Lipinski definition) is 3. The van der Waals surface area contributed by atoms with Crippen LogP contribution in [0.3, 0.4) is 0 Å². The van der Waals surface area contributed by atoms with Gasteiger partial charge in [-0.25, -0.2) is 0 Å². The van der Waals surface area contributed by atoms with Gasteiger partial charge in [0, 0.05) is 11.5 Å². The van der Waals surface area contributed by atoms with E-state index in [1.54, 1.807) is 0 Å². The van der Waals surface area contributed by atoms with Crippen molar-refractivity contribution in [3.8, 4) is 0 Å². The van der Waals surface area contributed by atoms with Crippen molar-refractivity contribution in [3.05, 3.63) is 0 Å². The fourth-order valence-corrected chi connectivity index (χ4v) is 1.46. The van der Waals surface area contributed by atoms with Crippen LogP contribution in [0.2, 0.25) is 0 Å². The smallest absolute Gasteiger partial charge is 0.109 e. The third kappa shape index (κ3) is 3.63. The molecule has 0 radical (unpaired) electrons. The quantitative estimate of drug-likeness (QED) is 0.556. The summed E-state index contributed by atoms with van der Waals surface area (Å²) in [6, 6.07) is 0.482. The van der Waals surface area contributed by atoms with E-state index < -0.39 is 6.23 Å². The third-order valence-electron chi connectivity index (χ3n) is 2.55. The Morgan fingerprint density at radius 3 is 2.31 bits per heavy atom. The summed E-state index contributed by atoms with van der Waals surface area (Å²) in [6.45, 7) is 8.27. The summed E-state index contributed by atoms with van der Waals surface area (Å²) in [7, 11) is 0. The minimum absolute atomic E-state index is 0.0646. The fourth-order valence-electron chi connectivity index (χ4n) is 1.46. The van der Waals surface area contributed by atoms with Crippen molar-refractivity contribution >= 4 is 0 Å². The number of rotatable bonds is 2. The second-order valence-corrected chi connectivity index (χ2v) is 4.96. The highest BCUT2D eigenvalue weighted by Gasteiger charge is 2.25. The van der Waals surface area contributed by atoms with Gasteiger partial charge in [0.25, 0.3) is 0 Å². The lowest BCUT2D eigenvalue weighted by atomic mass is 9.93. The minimum Gasteiger partial charge on any atom is -0.378 e. The van der Waals surface area contributed by atoms with Gasteiger partial charge < -0.3 is 10.4 Å². The van der Waals surface area contributed by atoms with Crippen LogP contribution in [0.4, 0.5) is 0 Å². The van der Waals surface area contributed by atoms with E-state index >= 15 is 0 Å². The number of piperidine rings is 1. The zero-order chi connectivity index (χ0) is 9.90. The van der Waals surface area contributed by atoms with Gasteiger partial charge >= 0.3 is 0 Å². The molecule has 78 valence electrons. The fraction of sp³-hybridized carbons (Fsp3) is 1.00. The summed E-state index contributed by atoms with van der Waals surface area (Å²) >= 11 is 0. The topological polar surface area (TPSA) is 44.3 Å². The van der Waals surface area contributed by atoms with E-state index in [4.69, 9.17) is 0 Å². The lowest BCUT2D eigenvalue weighted by molar-refractivity contribution is 0.0196. The molecular weight excluding hydrogens is 164 g/mol. The molecule has 13 heavy (non-hydrogen) atoms. The summed E-state index contributed by atoms with van der Waals surface area (Å²) < 4.78 is 0. The monoisotopic (exact) mass is 186 g/mol. The van der Waals surface area contributed by atoms with Crippen molar-refractivity contribution in [2.75, 3.05) is 13.1 Å². The summed E-state index contributed by atoms with van der Waals surface area (Å²) in [5.41, 5.74) is -0.0646. The Balaban J connectivity index is 2.30. The summed E-state index contributed by atoms with van der Waals surface area (Å²) in [4.78, 5) is 0. The normalized spacial score (nSPS) is 23.1. The van der Waals surface area contributed by atoms with Crippen LogP contribution >= 0.6 is 0 Å². The first-order valence-corrected chi connectivity index (χ1v) is 5.15. The molecule has 1 heterocycles. The van der Waals surface area contributed by atoms with E-state index in [-0.39, 0.29) is 5.41 Å². The molecule has 1 unspecified atom stereocenters. The van der Waals surface area contributed by atoms with Gasteiger partial charge in [-0.15, -0.1) is 0 Å². The molecule has 0 bridgehead atoms. The van der Waals surface area contributed by atoms with Gasteiger partial charge in [-0.2, -0.15) is 0 Å². The predicted octanol–water partition coefficient (Wildman–Crippen LogP) is 0.692. The highest BCUT2D eigenvalue weighted by Crippen LogP contribution is 2.18. The SMILES string of the molecule is CC(C)(C)C(O)NC1CCNCC1. The second-order valence-electron chi connectivity index (χ2n) is 4.96. The number of aliphatic hydroxyl groups is 1. The molecule has 0 amide bonds. The Bertz CT molecular complexity index is 147. The van der Waals surface area contributed by atoms with Crippen molar-refractivity contribution in [1.82, 2.24) is 10.6 Å². The van der Waals surface area contributed by atoms with Gasteiger partial charge in [0.15, 0.2) is 0 Å². The number of hydrogen-bond acceptors (Lipinski definition) is 3. The molecule has 0 aromatic heterocycles. The molecule has 0 saturated carbocycles. The summed E-state index contributed by atoms with van der Waals surface area (Å²) in [5, 5.41) is 16.4. The highest BCUT2D eigenvalue weighted by molar-refractivity contribution is 4.79. The van der Waals surface area contributed by atoms with E-state index in [0.717, 1.165) is 25.9 Å². The maximum Gasteiger partial charge on any atom is 0.109 e. The zero-order valence-corrected chi connectivity index (χ0v) is 8.93. The van der Waals surface area contributed by atoms with Crippen LogP contribution in [0, 0.1) is 5.41 Å². The lowest BCUT2D eigenvalue weighted by Gasteiger charge is -2.32. The van der Waals surface area contributed by atoms with E-state index in [2.05, 4.69) is 10.6 Å². The van der Waals surface area contributed by atoms with Crippen LogP contribution in [0.15, 0.2) is 0 Å². The van der Waals surface area contributed by atoms with Crippen LogP contribution in [-0.4, -0.2) is 30.5 Å². The summed E-state index contributed by atoms with van der Waals surface area (Å²) in [5.74, 6) is 0. The largest absolute Gasteiger partial charge is 0.378 e. The van der Waals surface area contributed by atoms with Gasteiger partial charge in [-0.3, -0.25) is 5.32 Å². The first-order valence-electron chi connectivity index (χ1n) is 5.15. The maximum absolute atomic E-state index is 9.81. The van der Waals surface area contributed by atoms with Crippen LogP contribution in [0.1, 0.15) is 33.6 Å². The molecule has 1 aliphatic rings. The maximum atomic E-state index is 9.81. The van der Waals surface area contributed by atoms with E-state index in [1.165, 1.54) is 0 Å². The van der Waals surface area contributed by atoms with Crippen LogP contribution in [-0.2, 0) is 0 Å². The Morgan fingerprint density at radius 1 is 1.31 bits per heavy atom. The molecular formula is C10H22N2O. The molecule has 1 rings (SSSR count). The zero-order valence-electron chi connectivity index (χ0n) is 8.93. The van der Waals surface area contributed by atoms with Crippen LogP contribution < -0.4 is 10.6 Å². The number of nitrogens with one attached hydrogen (secondary N) is 2. The molecule has 1 atom stereocenters. The molecule has 1 aliphatic heterocycles. The van der Waals surface area contributed by atoms with Gasteiger partial charge in [0.1, 0.15) is 6.23 Å². The molecule has 1 saturated heterocycles. The van der Waals surface area contributed by atoms with Crippen molar-refractivity contribution in [1.29, 1.82) is 0 Å². The van der Waals surface area contributed by atoms with Crippen LogP contribution in [0.25, 0.3) is 0 Å². The molecule has 0 spiro atoms. The van der Waals surface area contributed by atoms with Crippen molar-refractivity contribution in [2.45, 2.75) is 45.9 Å². The van der Waals surface area contributed by atoms with Crippen molar-refractivity contribution < 1.29 is 5.11 Å². The second kappa shape index (κ2) is 4.40. The molecule has 0 aromatic rings. The summed E-state index contributed by atoms with van der Waals surface area (Å²) in [6.07, 6.45) is 1.84. The molecule has 0 aromatic carbocycles. The Kier molecular flexibility index (Phi) is 3.71. The standard InChI is InChI=1S/C10H22N2O/c1-10(2,3)9(13)12-8-4-6-11-7-5-8/h8-9,11-13H,4-7H2,1-3H3. The molecule has 1 fully saturated rings. The predicted molar refractivity (Wildman–Crippen MR) is 54.5 cm³/mol. The van der Waals surface area contributed by atoms with Crippen molar-refractivity contribution in [3.63, 3.8) is 0 Å². The van der Waals surface area contributed by atoms with Crippen LogP contribution in [0.5, 0.6) is 0 Å². The van der Waals surface area contributed by atoms with E-state index in [1.807, 2.05) is 20.8 Å². The molecule has 0 aliphatic carbocycles. The van der Waals surface area contributed by atoms with Gasteiger partial charge in [0.05, 0.1) is 0 Å². The average Bonchev–Trinajstić information content (AvgIpc) is 2.04. The molecule has 3 N–H and O–H groups in total.